The van der Waals surface area contributed by atoms with Gasteiger partial charge in [0.25, 0.3) is 5.91 Å². The molecule has 0 bridgehead atoms. The molecule has 0 radical (unpaired) electrons. The lowest BCUT2D eigenvalue weighted by Gasteiger charge is -2.19. The summed E-state index contributed by atoms with van der Waals surface area (Å²) in [7, 11) is 1.46. The van der Waals surface area contributed by atoms with Crippen molar-refractivity contribution in [1.29, 1.82) is 0 Å². The molecule has 0 fully saturated rings. The van der Waals surface area contributed by atoms with Crippen LogP contribution < -0.4 is 0 Å². The SMILES string of the molecule is CN(Cc1ccccc1C(F)(F)F)C(=O)c1cc(Br)c[nH]1. The Morgan fingerprint density at radius 3 is 2.57 bits per heavy atom. The number of hydrogen-bond acceptors (Lipinski definition) is 1. The molecule has 1 aromatic carbocycles. The van der Waals surface area contributed by atoms with E-state index in [0.29, 0.717) is 10.2 Å². The third-order valence-electron chi connectivity index (χ3n) is 2.96. The van der Waals surface area contributed by atoms with E-state index in [-0.39, 0.29) is 18.0 Å². The van der Waals surface area contributed by atoms with Crippen LogP contribution >= 0.6 is 15.9 Å². The van der Waals surface area contributed by atoms with E-state index in [4.69, 9.17) is 0 Å². The van der Waals surface area contributed by atoms with Gasteiger partial charge in [-0.1, -0.05) is 18.2 Å². The molecule has 2 aromatic rings. The molecule has 0 saturated heterocycles. The van der Waals surface area contributed by atoms with E-state index in [2.05, 4.69) is 20.9 Å². The van der Waals surface area contributed by atoms with Crippen molar-refractivity contribution in [3.05, 3.63) is 57.8 Å². The summed E-state index contributed by atoms with van der Waals surface area (Å²) >= 11 is 3.20. The Kier molecular flexibility index (Phi) is 4.41. The minimum absolute atomic E-state index is 0.0615. The van der Waals surface area contributed by atoms with Crippen LogP contribution in [-0.2, 0) is 12.7 Å². The van der Waals surface area contributed by atoms with Gasteiger partial charge < -0.3 is 9.88 Å². The molecule has 1 amide bonds. The van der Waals surface area contributed by atoms with Gasteiger partial charge in [-0.3, -0.25) is 4.79 Å². The van der Waals surface area contributed by atoms with Crippen molar-refractivity contribution in [2.24, 2.45) is 0 Å². The van der Waals surface area contributed by atoms with Gasteiger partial charge in [0.2, 0.25) is 0 Å². The summed E-state index contributed by atoms with van der Waals surface area (Å²) in [6.45, 7) is -0.120. The maximum absolute atomic E-state index is 12.9. The van der Waals surface area contributed by atoms with Gasteiger partial charge in [-0.25, -0.2) is 0 Å². The van der Waals surface area contributed by atoms with Gasteiger partial charge in [-0.15, -0.1) is 0 Å². The van der Waals surface area contributed by atoms with Crippen LogP contribution in [0.3, 0.4) is 0 Å². The number of carbonyl (C=O) groups is 1. The van der Waals surface area contributed by atoms with E-state index in [1.165, 1.54) is 30.1 Å². The number of alkyl halides is 3. The van der Waals surface area contributed by atoms with E-state index in [1.54, 1.807) is 12.3 Å². The number of nitrogens with zero attached hydrogens (tertiary/aromatic N) is 1. The van der Waals surface area contributed by atoms with Crippen molar-refractivity contribution >= 4 is 21.8 Å². The first-order chi connectivity index (χ1) is 9.79. The Balaban J connectivity index is 2.20. The van der Waals surface area contributed by atoms with Crippen molar-refractivity contribution in [3.8, 4) is 0 Å². The molecule has 1 aromatic heterocycles. The molecule has 0 unspecified atom stereocenters. The molecule has 7 heteroatoms. The molecule has 1 heterocycles. The van der Waals surface area contributed by atoms with Crippen molar-refractivity contribution in [3.63, 3.8) is 0 Å². The molecule has 3 nitrogen and oxygen atoms in total. The summed E-state index contributed by atoms with van der Waals surface area (Å²) in [5, 5.41) is 0. The number of rotatable bonds is 3. The molecule has 0 spiro atoms. The second-order valence-corrected chi connectivity index (χ2v) is 5.46. The highest BCUT2D eigenvalue weighted by Crippen LogP contribution is 2.32. The first-order valence-electron chi connectivity index (χ1n) is 6.03. The lowest BCUT2D eigenvalue weighted by Crippen LogP contribution is -2.27. The minimum atomic E-state index is -4.43. The maximum Gasteiger partial charge on any atom is 0.416 e. The van der Waals surface area contributed by atoms with Crippen molar-refractivity contribution in [1.82, 2.24) is 9.88 Å². The summed E-state index contributed by atoms with van der Waals surface area (Å²) in [5.41, 5.74) is -0.349. The number of amides is 1. The Morgan fingerprint density at radius 1 is 1.33 bits per heavy atom. The fraction of sp³-hybridized carbons (Fsp3) is 0.214. The van der Waals surface area contributed by atoms with Gasteiger partial charge in [0.15, 0.2) is 0 Å². The average molecular weight is 361 g/mol. The van der Waals surface area contributed by atoms with Gasteiger partial charge >= 0.3 is 6.18 Å². The molecule has 0 aliphatic carbocycles. The van der Waals surface area contributed by atoms with Crippen LogP contribution in [0.2, 0.25) is 0 Å². The summed E-state index contributed by atoms with van der Waals surface area (Å²) in [4.78, 5) is 16.1. The number of aromatic nitrogens is 1. The van der Waals surface area contributed by atoms with Crippen LogP contribution in [-0.4, -0.2) is 22.8 Å². The fourth-order valence-electron chi connectivity index (χ4n) is 1.96. The minimum Gasteiger partial charge on any atom is -0.356 e. The van der Waals surface area contributed by atoms with E-state index in [0.717, 1.165) is 6.07 Å². The Labute approximate surface area is 127 Å². The molecule has 0 saturated carbocycles. The molecule has 21 heavy (non-hydrogen) atoms. The van der Waals surface area contributed by atoms with E-state index in [1.807, 2.05) is 0 Å². The standard InChI is InChI=1S/C14H12BrF3N2O/c1-20(13(21)12-6-10(15)7-19-12)8-9-4-2-3-5-11(9)14(16,17)18/h2-7,19H,8H2,1H3. The molecule has 0 atom stereocenters. The van der Waals surface area contributed by atoms with Gasteiger partial charge in [0.05, 0.1) is 5.56 Å². The summed E-state index contributed by atoms with van der Waals surface area (Å²) in [6, 6.07) is 6.81. The van der Waals surface area contributed by atoms with E-state index in [9.17, 15) is 18.0 Å². The predicted molar refractivity (Wildman–Crippen MR) is 75.7 cm³/mol. The summed E-state index contributed by atoms with van der Waals surface area (Å²) in [5.74, 6) is -0.377. The largest absolute Gasteiger partial charge is 0.416 e. The monoisotopic (exact) mass is 360 g/mol. The van der Waals surface area contributed by atoms with Crippen molar-refractivity contribution in [2.75, 3.05) is 7.05 Å². The van der Waals surface area contributed by atoms with Gasteiger partial charge in [-0.2, -0.15) is 13.2 Å². The molecule has 0 aliphatic heterocycles. The first kappa shape index (κ1) is 15.6. The number of aromatic amines is 1. The number of hydrogen-bond donors (Lipinski definition) is 1. The third-order valence-corrected chi connectivity index (χ3v) is 3.41. The zero-order valence-electron chi connectivity index (χ0n) is 11.0. The number of halogens is 4. The zero-order valence-corrected chi connectivity index (χ0v) is 12.6. The second kappa shape index (κ2) is 5.93. The normalized spacial score (nSPS) is 11.5. The van der Waals surface area contributed by atoms with E-state index < -0.39 is 11.7 Å². The Bertz CT molecular complexity index is 652. The summed E-state index contributed by atoms with van der Waals surface area (Å²) in [6.07, 6.45) is -2.85. The molecule has 112 valence electrons. The Morgan fingerprint density at radius 2 is 2.00 bits per heavy atom. The number of benzene rings is 1. The summed E-state index contributed by atoms with van der Waals surface area (Å²) < 4.78 is 39.4. The Hall–Kier alpha value is -1.76. The van der Waals surface area contributed by atoms with Gasteiger partial charge in [-0.05, 0) is 33.6 Å². The maximum atomic E-state index is 12.9. The third kappa shape index (κ3) is 3.66. The van der Waals surface area contributed by atoms with Gasteiger partial charge in [0.1, 0.15) is 5.69 Å². The zero-order chi connectivity index (χ0) is 15.6. The van der Waals surface area contributed by atoms with Crippen molar-refractivity contribution < 1.29 is 18.0 Å². The number of nitrogens with one attached hydrogen (secondary N) is 1. The highest BCUT2D eigenvalue weighted by molar-refractivity contribution is 9.10. The lowest BCUT2D eigenvalue weighted by molar-refractivity contribution is -0.138. The lowest BCUT2D eigenvalue weighted by atomic mass is 10.1. The van der Waals surface area contributed by atoms with Crippen LogP contribution in [0, 0.1) is 0 Å². The smallest absolute Gasteiger partial charge is 0.356 e. The molecule has 1 N–H and O–H groups in total. The number of H-pyrrole nitrogens is 1. The second-order valence-electron chi connectivity index (χ2n) is 4.55. The van der Waals surface area contributed by atoms with Crippen LogP contribution in [0.4, 0.5) is 13.2 Å². The number of carbonyl (C=O) groups excluding carboxylic acids is 1. The predicted octanol–water partition coefficient (Wildman–Crippen LogP) is 4.07. The van der Waals surface area contributed by atoms with E-state index >= 15 is 0 Å². The topological polar surface area (TPSA) is 36.1 Å². The van der Waals surface area contributed by atoms with Gasteiger partial charge in [0, 0.05) is 24.3 Å². The molecule has 2 rings (SSSR count). The highest BCUT2D eigenvalue weighted by Gasteiger charge is 2.33. The molecule has 0 aliphatic rings. The molecular weight excluding hydrogens is 349 g/mol. The average Bonchev–Trinajstić information content (AvgIpc) is 2.84. The fourth-order valence-corrected chi connectivity index (χ4v) is 2.30. The van der Waals surface area contributed by atoms with Crippen LogP contribution in [0.1, 0.15) is 21.6 Å². The highest BCUT2D eigenvalue weighted by atomic mass is 79.9. The van der Waals surface area contributed by atoms with Crippen LogP contribution in [0.5, 0.6) is 0 Å². The first-order valence-corrected chi connectivity index (χ1v) is 6.83. The van der Waals surface area contributed by atoms with Crippen molar-refractivity contribution in [2.45, 2.75) is 12.7 Å². The quantitative estimate of drug-likeness (QED) is 0.879. The van der Waals surface area contributed by atoms with Crippen LogP contribution in [0.25, 0.3) is 0 Å². The molecular formula is C14H12BrF3N2O. The van der Waals surface area contributed by atoms with Crippen LogP contribution in [0.15, 0.2) is 41.0 Å².